The molecule has 1 amide bonds. The number of likely N-dealkylation sites (tertiary alicyclic amines) is 1. The molecule has 1 aliphatic rings. The molecule has 0 N–H and O–H groups in total. The van der Waals surface area contributed by atoms with Gasteiger partial charge in [-0.25, -0.2) is 8.78 Å². The van der Waals surface area contributed by atoms with Crippen LogP contribution in [0.4, 0.5) is 8.78 Å². The summed E-state index contributed by atoms with van der Waals surface area (Å²) in [5.74, 6) is -1.80. The van der Waals surface area contributed by atoms with Crippen molar-refractivity contribution in [1.82, 2.24) is 4.90 Å². The first kappa shape index (κ1) is 11.5. The average Bonchev–Trinajstić information content (AvgIpc) is 2.77. The van der Waals surface area contributed by atoms with E-state index >= 15 is 0 Å². The van der Waals surface area contributed by atoms with E-state index in [4.69, 9.17) is 0 Å². The van der Waals surface area contributed by atoms with E-state index in [1.54, 1.807) is 4.90 Å². The molecule has 0 saturated carbocycles. The molecule has 16 heavy (non-hydrogen) atoms. The Hall–Kier alpha value is -0.970. The van der Waals surface area contributed by atoms with E-state index in [-0.39, 0.29) is 15.9 Å². The molecular weight excluding hydrogens is 280 g/mol. The smallest absolute Gasteiger partial charge is 0.254 e. The molecule has 0 aliphatic carbocycles. The molecule has 0 atom stereocenters. The van der Waals surface area contributed by atoms with Crippen LogP contribution in [0.1, 0.15) is 23.2 Å². The quantitative estimate of drug-likeness (QED) is 0.728. The molecule has 1 fully saturated rings. The van der Waals surface area contributed by atoms with Crippen LogP contribution in [0, 0.1) is 11.6 Å². The van der Waals surface area contributed by atoms with Gasteiger partial charge < -0.3 is 4.90 Å². The van der Waals surface area contributed by atoms with Gasteiger partial charge in [-0.1, -0.05) is 0 Å². The van der Waals surface area contributed by atoms with Gasteiger partial charge in [-0.05, 0) is 40.9 Å². The molecule has 1 heterocycles. The molecule has 0 bridgehead atoms. The van der Waals surface area contributed by atoms with Gasteiger partial charge in [0, 0.05) is 18.7 Å². The van der Waals surface area contributed by atoms with E-state index in [0.717, 1.165) is 25.0 Å². The van der Waals surface area contributed by atoms with Gasteiger partial charge in [0.15, 0.2) is 0 Å². The number of hydrogen-bond donors (Lipinski definition) is 0. The first-order valence-electron chi connectivity index (χ1n) is 5.03. The third-order valence-corrected chi connectivity index (χ3v) is 3.38. The van der Waals surface area contributed by atoms with Crippen molar-refractivity contribution in [1.29, 1.82) is 0 Å². The summed E-state index contributed by atoms with van der Waals surface area (Å²) in [6.07, 6.45) is 1.90. The van der Waals surface area contributed by atoms with Gasteiger partial charge in [-0.2, -0.15) is 0 Å². The molecular formula is C11H10BrF2NO. The minimum absolute atomic E-state index is 0.0695. The summed E-state index contributed by atoms with van der Waals surface area (Å²) >= 11 is 2.77. The van der Waals surface area contributed by atoms with Crippen molar-refractivity contribution in [3.05, 3.63) is 33.8 Å². The molecule has 86 valence electrons. The summed E-state index contributed by atoms with van der Waals surface area (Å²) in [5, 5.41) is 0. The Morgan fingerprint density at radius 3 is 2.19 bits per heavy atom. The number of benzene rings is 1. The van der Waals surface area contributed by atoms with Crippen LogP contribution in [0.15, 0.2) is 16.6 Å². The highest BCUT2D eigenvalue weighted by Crippen LogP contribution is 2.22. The molecule has 0 spiro atoms. The predicted molar refractivity (Wildman–Crippen MR) is 59.2 cm³/mol. The van der Waals surface area contributed by atoms with Crippen LogP contribution in [0.2, 0.25) is 0 Å². The van der Waals surface area contributed by atoms with Gasteiger partial charge in [0.25, 0.3) is 5.91 Å². The Kier molecular flexibility index (Phi) is 3.23. The van der Waals surface area contributed by atoms with E-state index in [1.165, 1.54) is 0 Å². The number of halogens is 3. The Balaban J connectivity index is 2.29. The minimum atomic E-state index is -0.748. The highest BCUT2D eigenvalue weighted by atomic mass is 79.9. The Morgan fingerprint density at radius 2 is 1.69 bits per heavy atom. The molecule has 1 aromatic rings. The van der Waals surface area contributed by atoms with Gasteiger partial charge in [0.2, 0.25) is 0 Å². The summed E-state index contributed by atoms with van der Waals surface area (Å²) in [6, 6.07) is 2.13. The molecule has 0 radical (unpaired) electrons. The number of amides is 1. The highest BCUT2D eigenvalue weighted by Gasteiger charge is 2.21. The van der Waals surface area contributed by atoms with Gasteiger partial charge in [0.05, 0.1) is 4.47 Å². The van der Waals surface area contributed by atoms with E-state index in [1.807, 2.05) is 0 Å². The summed E-state index contributed by atoms with van der Waals surface area (Å²) in [7, 11) is 0. The van der Waals surface area contributed by atoms with Gasteiger partial charge in [0.1, 0.15) is 11.6 Å². The summed E-state index contributed by atoms with van der Waals surface area (Å²) in [5.41, 5.74) is 0.0695. The molecule has 2 rings (SSSR count). The molecule has 0 unspecified atom stereocenters. The summed E-state index contributed by atoms with van der Waals surface area (Å²) in [4.78, 5) is 13.5. The lowest BCUT2D eigenvalue weighted by Crippen LogP contribution is -2.27. The maximum atomic E-state index is 13.2. The fourth-order valence-corrected chi connectivity index (χ4v) is 2.01. The summed E-state index contributed by atoms with van der Waals surface area (Å²) < 4.78 is 26.2. The Morgan fingerprint density at radius 1 is 1.19 bits per heavy atom. The lowest BCUT2D eigenvalue weighted by atomic mass is 10.2. The topological polar surface area (TPSA) is 20.3 Å². The van der Waals surface area contributed by atoms with Crippen LogP contribution < -0.4 is 0 Å². The van der Waals surface area contributed by atoms with E-state index < -0.39 is 11.6 Å². The highest BCUT2D eigenvalue weighted by molar-refractivity contribution is 9.10. The van der Waals surface area contributed by atoms with Crippen molar-refractivity contribution in [2.75, 3.05) is 13.1 Å². The normalized spacial score (nSPS) is 15.6. The summed E-state index contributed by atoms with van der Waals surface area (Å²) in [6.45, 7) is 1.33. The van der Waals surface area contributed by atoms with Crippen molar-refractivity contribution in [2.24, 2.45) is 0 Å². The van der Waals surface area contributed by atoms with Crippen molar-refractivity contribution in [3.8, 4) is 0 Å². The van der Waals surface area contributed by atoms with Crippen molar-refractivity contribution in [3.63, 3.8) is 0 Å². The molecule has 5 heteroatoms. The maximum Gasteiger partial charge on any atom is 0.254 e. The number of carbonyl (C=O) groups is 1. The monoisotopic (exact) mass is 289 g/mol. The van der Waals surface area contributed by atoms with Gasteiger partial charge >= 0.3 is 0 Å². The standard InChI is InChI=1S/C11H10BrF2NO/c12-10-8(13)5-7(6-9(10)14)11(16)15-3-1-2-4-15/h5-6H,1-4H2. The lowest BCUT2D eigenvalue weighted by Gasteiger charge is -2.15. The molecule has 1 aromatic carbocycles. The number of hydrogen-bond acceptors (Lipinski definition) is 1. The van der Waals surface area contributed by atoms with Crippen LogP contribution in [0.3, 0.4) is 0 Å². The van der Waals surface area contributed by atoms with Crippen molar-refractivity contribution >= 4 is 21.8 Å². The second-order valence-corrected chi connectivity index (χ2v) is 4.55. The zero-order valence-corrected chi connectivity index (χ0v) is 10.1. The van der Waals surface area contributed by atoms with E-state index in [9.17, 15) is 13.6 Å². The number of rotatable bonds is 1. The van der Waals surface area contributed by atoms with E-state index in [2.05, 4.69) is 15.9 Å². The SMILES string of the molecule is O=C(c1cc(F)c(Br)c(F)c1)N1CCCC1. The first-order chi connectivity index (χ1) is 7.59. The van der Waals surface area contributed by atoms with Crippen LogP contribution in [-0.2, 0) is 0 Å². The fraction of sp³-hybridized carbons (Fsp3) is 0.364. The molecule has 1 saturated heterocycles. The molecule has 1 aliphatic heterocycles. The van der Waals surface area contributed by atoms with Crippen molar-refractivity contribution in [2.45, 2.75) is 12.8 Å². The second-order valence-electron chi connectivity index (χ2n) is 3.75. The first-order valence-corrected chi connectivity index (χ1v) is 5.82. The van der Waals surface area contributed by atoms with Crippen LogP contribution >= 0.6 is 15.9 Å². The molecule has 2 nitrogen and oxygen atoms in total. The second kappa shape index (κ2) is 4.49. The Labute approximate surface area is 100 Å². The minimum Gasteiger partial charge on any atom is -0.339 e. The zero-order valence-electron chi connectivity index (χ0n) is 8.47. The zero-order chi connectivity index (χ0) is 11.7. The van der Waals surface area contributed by atoms with Gasteiger partial charge in [-0.15, -0.1) is 0 Å². The average molecular weight is 290 g/mol. The predicted octanol–water partition coefficient (Wildman–Crippen LogP) is 2.96. The fourth-order valence-electron chi connectivity index (χ4n) is 1.78. The lowest BCUT2D eigenvalue weighted by molar-refractivity contribution is 0.0791. The molecule has 0 aromatic heterocycles. The van der Waals surface area contributed by atoms with Gasteiger partial charge in [-0.3, -0.25) is 4.79 Å². The Bertz CT molecular complexity index is 407. The largest absolute Gasteiger partial charge is 0.339 e. The van der Waals surface area contributed by atoms with E-state index in [0.29, 0.717) is 13.1 Å². The van der Waals surface area contributed by atoms with Crippen LogP contribution in [0.25, 0.3) is 0 Å². The van der Waals surface area contributed by atoms with Crippen molar-refractivity contribution < 1.29 is 13.6 Å². The van der Waals surface area contributed by atoms with Crippen LogP contribution in [0.5, 0.6) is 0 Å². The maximum absolute atomic E-state index is 13.2. The number of carbonyl (C=O) groups excluding carboxylic acids is 1. The third kappa shape index (κ3) is 2.09. The third-order valence-electron chi connectivity index (χ3n) is 2.62. The number of nitrogens with zero attached hydrogens (tertiary/aromatic N) is 1. The van der Waals surface area contributed by atoms with Crippen LogP contribution in [-0.4, -0.2) is 23.9 Å².